The third-order valence-electron chi connectivity index (χ3n) is 4.89. The molecule has 0 N–H and O–H groups in total. The van der Waals surface area contributed by atoms with Crippen LogP contribution in [0.15, 0.2) is 41.2 Å². The number of hydrogen-bond acceptors (Lipinski definition) is 3. The molecule has 2 aromatic rings. The molecule has 1 fully saturated rings. The lowest BCUT2D eigenvalue weighted by molar-refractivity contribution is -0.157. The summed E-state index contributed by atoms with van der Waals surface area (Å²) >= 11 is 0. The van der Waals surface area contributed by atoms with Crippen molar-refractivity contribution < 1.29 is 22.7 Å². The Kier molecular flexibility index (Phi) is 6.44. The average Bonchev–Trinajstić information content (AvgIpc) is 3.51. The molecular formula is C23H23F3N2O3. The van der Waals surface area contributed by atoms with Gasteiger partial charge in [-0.05, 0) is 43.5 Å². The van der Waals surface area contributed by atoms with E-state index in [-0.39, 0.29) is 29.5 Å². The van der Waals surface area contributed by atoms with Gasteiger partial charge in [-0.1, -0.05) is 24.0 Å². The Bertz CT molecular complexity index is 1070. The van der Waals surface area contributed by atoms with Gasteiger partial charge in [0.2, 0.25) is 0 Å². The molecule has 1 aromatic carbocycles. The molecule has 0 radical (unpaired) electrons. The number of halogens is 3. The zero-order valence-corrected chi connectivity index (χ0v) is 17.5. The second kappa shape index (κ2) is 8.88. The van der Waals surface area contributed by atoms with Gasteiger partial charge in [0.1, 0.15) is 5.75 Å². The number of aryl methyl sites for hydroxylation is 1. The maximum Gasteiger partial charge on any atom is 0.413 e. The van der Waals surface area contributed by atoms with Crippen LogP contribution >= 0.6 is 0 Å². The van der Waals surface area contributed by atoms with Gasteiger partial charge in [-0.25, -0.2) is 0 Å². The summed E-state index contributed by atoms with van der Waals surface area (Å²) in [4.78, 5) is 25.6. The summed E-state index contributed by atoms with van der Waals surface area (Å²) < 4.78 is 47.9. The van der Waals surface area contributed by atoms with E-state index in [1.165, 1.54) is 42.2 Å². The zero-order chi connectivity index (χ0) is 22.8. The van der Waals surface area contributed by atoms with Gasteiger partial charge in [-0.3, -0.25) is 14.2 Å². The Balaban J connectivity index is 1.91. The van der Waals surface area contributed by atoms with Gasteiger partial charge in [0, 0.05) is 37.3 Å². The van der Waals surface area contributed by atoms with Crippen molar-refractivity contribution >= 4 is 5.91 Å². The van der Waals surface area contributed by atoms with Crippen molar-refractivity contribution in [3.63, 3.8) is 0 Å². The molecule has 0 unspecified atom stereocenters. The number of pyridine rings is 1. The molecule has 3 rings (SSSR count). The van der Waals surface area contributed by atoms with Gasteiger partial charge in [0.15, 0.2) is 12.6 Å². The zero-order valence-electron chi connectivity index (χ0n) is 17.5. The monoisotopic (exact) mass is 432 g/mol. The number of rotatable bonds is 5. The number of amides is 1. The van der Waals surface area contributed by atoms with E-state index in [1.807, 2.05) is 0 Å². The summed E-state index contributed by atoms with van der Waals surface area (Å²) in [5.74, 6) is 6.13. The summed E-state index contributed by atoms with van der Waals surface area (Å²) in [7, 11) is 3.09. The smallest absolute Gasteiger partial charge is 0.413 e. The van der Waals surface area contributed by atoms with E-state index in [2.05, 4.69) is 11.8 Å². The molecule has 1 heterocycles. The second-order valence-corrected chi connectivity index (χ2v) is 7.73. The predicted octanol–water partition coefficient (Wildman–Crippen LogP) is 3.54. The van der Waals surface area contributed by atoms with Crippen LogP contribution in [-0.4, -0.2) is 42.3 Å². The molecule has 0 spiro atoms. The van der Waals surface area contributed by atoms with Crippen molar-refractivity contribution in [2.45, 2.75) is 32.0 Å². The van der Waals surface area contributed by atoms with Crippen LogP contribution in [0.2, 0.25) is 0 Å². The standard InChI is InChI=1S/C23H23F3N2O3/c1-15-12-19(31-14-21(30)27(2)3)13-20(29)28(15)22(23(24,25)26)18-10-8-17(9-11-18)7-6-16-4-5-16/h8-13,16,22H,4-5,14H2,1-3H3/t22-/m0/s1. The first-order valence-corrected chi connectivity index (χ1v) is 9.80. The summed E-state index contributed by atoms with van der Waals surface area (Å²) in [5.41, 5.74) is -0.229. The summed E-state index contributed by atoms with van der Waals surface area (Å²) in [5, 5.41) is 0. The quantitative estimate of drug-likeness (QED) is 0.680. The van der Waals surface area contributed by atoms with Crippen LogP contribution in [0.4, 0.5) is 13.2 Å². The van der Waals surface area contributed by atoms with Crippen LogP contribution in [-0.2, 0) is 4.79 Å². The number of likely N-dealkylation sites (N-methyl/N-ethyl adjacent to an activating group) is 1. The molecule has 164 valence electrons. The first-order chi connectivity index (χ1) is 14.6. The molecule has 31 heavy (non-hydrogen) atoms. The molecular weight excluding hydrogens is 409 g/mol. The van der Waals surface area contributed by atoms with E-state index in [9.17, 15) is 22.8 Å². The lowest BCUT2D eigenvalue weighted by Crippen LogP contribution is -2.36. The van der Waals surface area contributed by atoms with Crippen molar-refractivity contribution in [2.24, 2.45) is 5.92 Å². The first-order valence-electron chi connectivity index (χ1n) is 9.80. The fourth-order valence-electron chi connectivity index (χ4n) is 3.02. The number of nitrogens with zero attached hydrogens (tertiary/aromatic N) is 2. The topological polar surface area (TPSA) is 51.5 Å². The van der Waals surface area contributed by atoms with E-state index in [0.717, 1.165) is 18.9 Å². The third kappa shape index (κ3) is 5.69. The van der Waals surface area contributed by atoms with Crippen LogP contribution in [0, 0.1) is 24.7 Å². The molecule has 8 heteroatoms. The van der Waals surface area contributed by atoms with Crippen LogP contribution in [0.5, 0.6) is 5.75 Å². The maximum atomic E-state index is 14.0. The molecule has 1 atom stereocenters. The van der Waals surface area contributed by atoms with Crippen molar-refractivity contribution in [2.75, 3.05) is 20.7 Å². The van der Waals surface area contributed by atoms with E-state index in [1.54, 1.807) is 14.1 Å². The van der Waals surface area contributed by atoms with Gasteiger partial charge >= 0.3 is 6.18 Å². The number of ether oxygens (including phenoxy) is 1. The van der Waals surface area contributed by atoms with Crippen molar-refractivity contribution in [1.29, 1.82) is 0 Å². The number of alkyl halides is 3. The van der Waals surface area contributed by atoms with Crippen LogP contribution in [0.1, 0.15) is 35.7 Å². The van der Waals surface area contributed by atoms with Gasteiger partial charge in [-0.2, -0.15) is 13.2 Å². The molecule has 1 aromatic heterocycles. The Hall–Kier alpha value is -3.21. The average molecular weight is 432 g/mol. The largest absolute Gasteiger partial charge is 0.484 e. The van der Waals surface area contributed by atoms with Gasteiger partial charge in [0.25, 0.3) is 11.5 Å². The van der Waals surface area contributed by atoms with E-state index >= 15 is 0 Å². The predicted molar refractivity (Wildman–Crippen MR) is 110 cm³/mol. The Labute approximate surface area is 178 Å². The Morgan fingerprint density at radius 2 is 1.87 bits per heavy atom. The van der Waals surface area contributed by atoms with Crippen molar-refractivity contribution in [1.82, 2.24) is 9.47 Å². The molecule has 5 nitrogen and oxygen atoms in total. The highest BCUT2D eigenvalue weighted by Gasteiger charge is 2.43. The van der Waals surface area contributed by atoms with Crippen LogP contribution in [0.25, 0.3) is 0 Å². The second-order valence-electron chi connectivity index (χ2n) is 7.73. The molecule has 0 saturated heterocycles. The SMILES string of the molecule is Cc1cc(OCC(=O)N(C)C)cc(=O)n1[C@@H](c1ccc(C#CC2CC2)cc1)C(F)(F)F. The lowest BCUT2D eigenvalue weighted by atomic mass is 10.0. The third-order valence-corrected chi connectivity index (χ3v) is 4.89. The normalized spacial score (nSPS) is 14.4. The number of hydrogen-bond donors (Lipinski definition) is 0. The highest BCUT2D eigenvalue weighted by atomic mass is 19.4. The molecule has 1 saturated carbocycles. The minimum Gasteiger partial charge on any atom is -0.484 e. The lowest BCUT2D eigenvalue weighted by Gasteiger charge is -2.25. The molecule has 0 aliphatic heterocycles. The number of benzene rings is 1. The minimum absolute atomic E-state index is 0.0422. The molecule has 0 bridgehead atoms. The molecule has 1 aliphatic rings. The van der Waals surface area contributed by atoms with Gasteiger partial charge in [-0.15, -0.1) is 0 Å². The van der Waals surface area contributed by atoms with E-state index < -0.39 is 17.8 Å². The Morgan fingerprint density at radius 3 is 2.39 bits per heavy atom. The van der Waals surface area contributed by atoms with Crippen molar-refractivity contribution in [3.05, 3.63) is 63.6 Å². The van der Waals surface area contributed by atoms with E-state index in [0.29, 0.717) is 16.0 Å². The summed E-state index contributed by atoms with van der Waals surface area (Å²) in [6, 6.07) is 5.90. The minimum atomic E-state index is -4.70. The number of carbonyl (C=O) groups excluding carboxylic acids is 1. The fraction of sp³-hybridized carbons (Fsp3) is 0.391. The molecule has 1 amide bonds. The maximum absolute atomic E-state index is 14.0. The van der Waals surface area contributed by atoms with Crippen LogP contribution in [0.3, 0.4) is 0 Å². The number of carbonyl (C=O) groups is 1. The van der Waals surface area contributed by atoms with Crippen LogP contribution < -0.4 is 10.3 Å². The highest BCUT2D eigenvalue weighted by molar-refractivity contribution is 5.77. The van der Waals surface area contributed by atoms with Gasteiger partial charge < -0.3 is 9.64 Å². The first kappa shape index (κ1) is 22.5. The summed E-state index contributed by atoms with van der Waals surface area (Å²) in [6.07, 6.45) is -2.57. The Morgan fingerprint density at radius 1 is 1.23 bits per heavy atom. The highest BCUT2D eigenvalue weighted by Crippen LogP contribution is 2.36. The van der Waals surface area contributed by atoms with Crippen molar-refractivity contribution in [3.8, 4) is 17.6 Å². The fourth-order valence-corrected chi connectivity index (χ4v) is 3.02. The molecule has 1 aliphatic carbocycles. The summed E-state index contributed by atoms with van der Waals surface area (Å²) in [6.45, 7) is 1.08. The number of aromatic nitrogens is 1. The van der Waals surface area contributed by atoms with E-state index in [4.69, 9.17) is 4.74 Å². The van der Waals surface area contributed by atoms with Gasteiger partial charge in [0.05, 0.1) is 0 Å².